The van der Waals surface area contributed by atoms with E-state index in [1.54, 1.807) is 0 Å². The number of nitrogens with zero attached hydrogens (tertiary/aromatic N) is 4. The van der Waals surface area contributed by atoms with Crippen molar-refractivity contribution in [2.24, 2.45) is 7.05 Å². The number of thioether (sulfide) groups is 1. The Morgan fingerprint density at radius 1 is 1.20 bits per heavy atom. The predicted octanol–water partition coefficient (Wildman–Crippen LogP) is 2.84. The van der Waals surface area contributed by atoms with E-state index in [1.165, 1.54) is 25.0 Å². The van der Waals surface area contributed by atoms with Crippen LogP contribution in [0.15, 0.2) is 0 Å². The average Bonchev–Trinajstić information content (AvgIpc) is 2.91. The molecule has 5 nitrogen and oxygen atoms in total. The van der Waals surface area contributed by atoms with Crippen LogP contribution in [0.25, 0.3) is 11.2 Å². The maximum atomic E-state index is 6.06. The molecule has 0 bridgehead atoms. The fourth-order valence-electron chi connectivity index (χ4n) is 2.59. The van der Waals surface area contributed by atoms with Gasteiger partial charge < -0.3 is 5.73 Å². The molecule has 0 atom stereocenters. The molecule has 2 aromatic heterocycles. The average molecular weight is 295 g/mol. The van der Waals surface area contributed by atoms with Crippen molar-refractivity contribution < 1.29 is 0 Å². The van der Waals surface area contributed by atoms with E-state index >= 15 is 0 Å². The van der Waals surface area contributed by atoms with Gasteiger partial charge in [0.2, 0.25) is 5.95 Å². The molecule has 0 aromatic carbocycles. The second-order valence-electron chi connectivity index (χ2n) is 5.12. The van der Waals surface area contributed by atoms with Crippen molar-refractivity contribution >= 4 is 28.9 Å². The zero-order valence-corrected chi connectivity index (χ0v) is 13.5. The van der Waals surface area contributed by atoms with E-state index in [-0.39, 0.29) is 0 Å². The number of rotatable bonds is 8. The van der Waals surface area contributed by atoms with Gasteiger partial charge in [-0.25, -0.2) is 4.98 Å². The molecule has 2 aromatic rings. The second kappa shape index (κ2) is 7.02. The Bertz CT molecular complexity index is 557. The fourth-order valence-corrected chi connectivity index (χ4v) is 3.08. The van der Waals surface area contributed by atoms with E-state index < -0.39 is 0 Å². The quantitative estimate of drug-likeness (QED) is 0.761. The Hall–Kier alpha value is -1.17. The van der Waals surface area contributed by atoms with Gasteiger partial charge in [0.25, 0.3) is 0 Å². The lowest BCUT2D eigenvalue weighted by Crippen LogP contribution is -2.07. The normalized spacial score (nSPS) is 11.6. The summed E-state index contributed by atoms with van der Waals surface area (Å²) in [6.45, 7) is 3.03. The molecule has 0 amide bonds. The minimum atomic E-state index is 0.617. The molecular formula is C14H25N5S. The van der Waals surface area contributed by atoms with Gasteiger partial charge in [0.05, 0.1) is 5.69 Å². The Kier molecular flexibility index (Phi) is 5.34. The summed E-state index contributed by atoms with van der Waals surface area (Å²) in [5.41, 5.74) is 9.12. The van der Waals surface area contributed by atoms with Gasteiger partial charge in [-0.1, -0.05) is 19.8 Å². The SMILES string of the molecule is CCc1nn(C)c2c1nc(N)n2CCCCCCSC. The predicted molar refractivity (Wildman–Crippen MR) is 87.1 cm³/mol. The summed E-state index contributed by atoms with van der Waals surface area (Å²) in [6, 6.07) is 0. The van der Waals surface area contributed by atoms with E-state index in [4.69, 9.17) is 5.73 Å². The van der Waals surface area contributed by atoms with Crippen LogP contribution >= 0.6 is 11.8 Å². The van der Waals surface area contributed by atoms with Crippen LogP contribution in [0.5, 0.6) is 0 Å². The molecule has 2 N–H and O–H groups in total. The van der Waals surface area contributed by atoms with Gasteiger partial charge in [0, 0.05) is 13.6 Å². The highest BCUT2D eigenvalue weighted by Gasteiger charge is 2.16. The molecule has 112 valence electrons. The Balaban J connectivity index is 2.02. The Morgan fingerprint density at radius 2 is 1.95 bits per heavy atom. The largest absolute Gasteiger partial charge is 0.369 e. The van der Waals surface area contributed by atoms with Crippen LogP contribution in [0.4, 0.5) is 5.95 Å². The van der Waals surface area contributed by atoms with Crippen LogP contribution in [0, 0.1) is 0 Å². The summed E-state index contributed by atoms with van der Waals surface area (Å²) in [7, 11) is 1.97. The molecule has 0 radical (unpaired) electrons. The number of anilines is 1. The van der Waals surface area contributed by atoms with Crippen LogP contribution in [0.3, 0.4) is 0 Å². The maximum Gasteiger partial charge on any atom is 0.202 e. The molecule has 0 aliphatic carbocycles. The highest BCUT2D eigenvalue weighted by molar-refractivity contribution is 7.98. The number of aryl methyl sites for hydroxylation is 3. The Labute approximate surface area is 124 Å². The molecule has 2 rings (SSSR count). The molecule has 20 heavy (non-hydrogen) atoms. The van der Waals surface area contributed by atoms with Gasteiger partial charge in [0.1, 0.15) is 5.52 Å². The smallest absolute Gasteiger partial charge is 0.202 e. The summed E-state index contributed by atoms with van der Waals surface area (Å²) >= 11 is 1.92. The third kappa shape index (κ3) is 3.11. The summed E-state index contributed by atoms with van der Waals surface area (Å²) < 4.78 is 4.02. The molecule has 0 saturated carbocycles. The van der Waals surface area contributed by atoms with E-state index in [0.717, 1.165) is 36.2 Å². The number of nitrogen functional groups attached to an aromatic ring is 1. The van der Waals surface area contributed by atoms with Crippen molar-refractivity contribution in [2.75, 3.05) is 17.7 Å². The first kappa shape index (κ1) is 15.2. The third-order valence-electron chi connectivity index (χ3n) is 3.64. The summed E-state index contributed by atoms with van der Waals surface area (Å²) in [5.74, 6) is 1.88. The summed E-state index contributed by atoms with van der Waals surface area (Å²) in [5, 5.41) is 4.51. The van der Waals surface area contributed by atoms with Crippen molar-refractivity contribution in [1.82, 2.24) is 19.3 Å². The molecule has 0 fully saturated rings. The number of nitrogens with two attached hydrogens (primary N) is 1. The molecule has 0 saturated heterocycles. The molecule has 0 aliphatic heterocycles. The van der Waals surface area contributed by atoms with Gasteiger partial charge in [-0.05, 0) is 31.3 Å². The monoisotopic (exact) mass is 295 g/mol. The lowest BCUT2D eigenvalue weighted by molar-refractivity contribution is 0.586. The molecule has 0 spiro atoms. The minimum Gasteiger partial charge on any atom is -0.369 e. The van der Waals surface area contributed by atoms with Crippen LogP contribution < -0.4 is 5.73 Å². The van der Waals surface area contributed by atoms with E-state index in [9.17, 15) is 0 Å². The van der Waals surface area contributed by atoms with Gasteiger partial charge in [-0.2, -0.15) is 16.9 Å². The second-order valence-corrected chi connectivity index (χ2v) is 6.11. The van der Waals surface area contributed by atoms with Gasteiger partial charge >= 0.3 is 0 Å². The van der Waals surface area contributed by atoms with Gasteiger partial charge in [0.15, 0.2) is 5.65 Å². The Morgan fingerprint density at radius 3 is 2.65 bits per heavy atom. The maximum absolute atomic E-state index is 6.06. The van der Waals surface area contributed by atoms with E-state index in [2.05, 4.69) is 27.8 Å². The van der Waals surface area contributed by atoms with E-state index in [0.29, 0.717) is 5.95 Å². The van der Waals surface area contributed by atoms with Gasteiger partial charge in [-0.3, -0.25) is 9.25 Å². The number of fused-ring (bicyclic) bond motifs is 1. The number of imidazole rings is 1. The molecule has 2 heterocycles. The fraction of sp³-hybridized carbons (Fsp3) is 0.714. The van der Waals surface area contributed by atoms with Crippen molar-refractivity contribution in [3.8, 4) is 0 Å². The number of hydrogen-bond acceptors (Lipinski definition) is 4. The lowest BCUT2D eigenvalue weighted by atomic mass is 10.2. The highest BCUT2D eigenvalue weighted by Crippen LogP contribution is 2.22. The first-order valence-electron chi connectivity index (χ1n) is 7.35. The van der Waals surface area contributed by atoms with Crippen LogP contribution in [0.2, 0.25) is 0 Å². The zero-order valence-electron chi connectivity index (χ0n) is 12.7. The minimum absolute atomic E-state index is 0.617. The summed E-state index contributed by atoms with van der Waals surface area (Å²) in [6.07, 6.45) is 8.06. The van der Waals surface area contributed by atoms with Crippen LogP contribution in [0.1, 0.15) is 38.3 Å². The van der Waals surface area contributed by atoms with Crippen molar-refractivity contribution in [3.63, 3.8) is 0 Å². The standard InChI is InChI=1S/C14H25N5S/c1-4-11-12-13(18(2)17-11)19(14(15)16-12)9-7-5-6-8-10-20-3/h4-10H2,1-3H3,(H2,15,16). The number of hydrogen-bond donors (Lipinski definition) is 1. The molecule has 0 aliphatic rings. The first-order valence-corrected chi connectivity index (χ1v) is 8.75. The third-order valence-corrected chi connectivity index (χ3v) is 4.33. The van der Waals surface area contributed by atoms with E-state index in [1.807, 2.05) is 23.5 Å². The molecular weight excluding hydrogens is 270 g/mol. The van der Waals surface area contributed by atoms with Gasteiger partial charge in [-0.15, -0.1) is 0 Å². The van der Waals surface area contributed by atoms with Crippen molar-refractivity contribution in [2.45, 2.75) is 45.6 Å². The van der Waals surface area contributed by atoms with Crippen LogP contribution in [-0.4, -0.2) is 31.3 Å². The van der Waals surface area contributed by atoms with Crippen LogP contribution in [-0.2, 0) is 20.0 Å². The topological polar surface area (TPSA) is 61.7 Å². The van der Waals surface area contributed by atoms with Crippen molar-refractivity contribution in [1.29, 1.82) is 0 Å². The first-order chi connectivity index (χ1) is 9.69. The number of aromatic nitrogens is 4. The number of unbranched alkanes of at least 4 members (excludes halogenated alkanes) is 3. The highest BCUT2D eigenvalue weighted by atomic mass is 32.2. The lowest BCUT2D eigenvalue weighted by Gasteiger charge is -2.06. The summed E-state index contributed by atoms with van der Waals surface area (Å²) in [4.78, 5) is 4.49. The molecule has 6 heteroatoms. The van der Waals surface area contributed by atoms with Crippen molar-refractivity contribution in [3.05, 3.63) is 5.69 Å². The molecule has 0 unspecified atom stereocenters. The zero-order chi connectivity index (χ0) is 14.5.